The van der Waals surface area contributed by atoms with Gasteiger partial charge in [-0.3, -0.25) is 9.59 Å². The molecule has 1 aromatic rings. The fraction of sp³-hybridized carbons (Fsp3) is 0.467. The Morgan fingerprint density at radius 3 is 2.58 bits per heavy atom. The van der Waals surface area contributed by atoms with Gasteiger partial charge in [0.1, 0.15) is 10.9 Å². The Kier molecular flexibility index (Phi) is 5.84. The summed E-state index contributed by atoms with van der Waals surface area (Å²) in [5.41, 5.74) is 0.117. The van der Waals surface area contributed by atoms with E-state index in [1.807, 2.05) is 0 Å². The molecule has 1 fully saturated rings. The van der Waals surface area contributed by atoms with Crippen molar-refractivity contribution in [1.82, 2.24) is 15.4 Å². The SMILES string of the molecule is CCNC(=O)C(C)NC(=O)c1ccc(Cl)c(S(=O)(=O)NC2CC2)c1. The number of nitrogens with one attached hydrogen (secondary N) is 3. The number of halogens is 1. The van der Waals surface area contributed by atoms with Crippen LogP contribution in [0, 0.1) is 0 Å². The Morgan fingerprint density at radius 1 is 1.33 bits per heavy atom. The molecule has 0 spiro atoms. The number of benzene rings is 1. The van der Waals surface area contributed by atoms with E-state index in [1.165, 1.54) is 18.2 Å². The molecule has 7 nitrogen and oxygen atoms in total. The van der Waals surface area contributed by atoms with Gasteiger partial charge < -0.3 is 10.6 Å². The number of likely N-dealkylation sites (N-methyl/N-ethyl adjacent to an activating group) is 1. The van der Waals surface area contributed by atoms with Gasteiger partial charge >= 0.3 is 0 Å². The number of carbonyl (C=O) groups is 2. The Bertz CT molecular complexity index is 747. The van der Waals surface area contributed by atoms with Crippen molar-refractivity contribution in [3.05, 3.63) is 28.8 Å². The Morgan fingerprint density at radius 2 is 2.00 bits per heavy atom. The van der Waals surface area contributed by atoms with Crippen LogP contribution < -0.4 is 15.4 Å². The number of rotatable bonds is 7. The summed E-state index contributed by atoms with van der Waals surface area (Å²) in [5.74, 6) is -0.864. The van der Waals surface area contributed by atoms with Crippen LogP contribution in [0.2, 0.25) is 5.02 Å². The molecule has 0 aromatic heterocycles. The Hall–Kier alpha value is -1.64. The molecule has 3 N–H and O–H groups in total. The van der Waals surface area contributed by atoms with E-state index in [9.17, 15) is 18.0 Å². The number of amides is 2. The molecular weight excluding hydrogens is 354 g/mol. The summed E-state index contributed by atoms with van der Waals surface area (Å²) in [6.07, 6.45) is 1.59. The van der Waals surface area contributed by atoms with Crippen LogP contribution in [-0.2, 0) is 14.8 Å². The van der Waals surface area contributed by atoms with Crippen molar-refractivity contribution in [1.29, 1.82) is 0 Å². The van der Waals surface area contributed by atoms with Gasteiger partial charge in [-0.2, -0.15) is 0 Å². The highest BCUT2D eigenvalue weighted by Crippen LogP contribution is 2.26. The van der Waals surface area contributed by atoms with Gasteiger partial charge in [-0.25, -0.2) is 13.1 Å². The molecule has 24 heavy (non-hydrogen) atoms. The molecule has 0 heterocycles. The van der Waals surface area contributed by atoms with E-state index in [0.29, 0.717) is 6.54 Å². The molecule has 0 radical (unpaired) electrons. The van der Waals surface area contributed by atoms with E-state index < -0.39 is 22.0 Å². The Balaban J connectivity index is 2.17. The van der Waals surface area contributed by atoms with Crippen LogP contribution >= 0.6 is 11.6 Å². The van der Waals surface area contributed by atoms with Gasteiger partial charge in [0.05, 0.1) is 5.02 Å². The fourth-order valence-electron chi connectivity index (χ4n) is 2.01. The fourth-order valence-corrected chi connectivity index (χ4v) is 3.84. The summed E-state index contributed by atoms with van der Waals surface area (Å²) in [5, 5.41) is 5.16. The minimum atomic E-state index is -3.78. The summed E-state index contributed by atoms with van der Waals surface area (Å²) in [6.45, 7) is 3.77. The largest absolute Gasteiger partial charge is 0.355 e. The minimum Gasteiger partial charge on any atom is -0.355 e. The average molecular weight is 374 g/mol. The van der Waals surface area contributed by atoms with E-state index in [2.05, 4.69) is 15.4 Å². The lowest BCUT2D eigenvalue weighted by atomic mass is 10.2. The molecular formula is C15H20ClN3O4S. The second-order valence-corrected chi connectivity index (χ2v) is 7.72. The molecule has 1 aliphatic carbocycles. The summed E-state index contributed by atoms with van der Waals surface area (Å²) < 4.78 is 27.1. The average Bonchev–Trinajstić information content (AvgIpc) is 3.30. The molecule has 2 rings (SSSR count). The zero-order chi connectivity index (χ0) is 17.9. The first-order chi connectivity index (χ1) is 11.2. The van der Waals surface area contributed by atoms with E-state index in [1.54, 1.807) is 13.8 Å². The predicted octanol–water partition coefficient (Wildman–Crippen LogP) is 1.04. The molecule has 9 heteroatoms. The lowest BCUT2D eigenvalue weighted by Gasteiger charge is -2.14. The van der Waals surface area contributed by atoms with E-state index >= 15 is 0 Å². The van der Waals surface area contributed by atoms with Crippen LogP contribution in [0.4, 0.5) is 0 Å². The second kappa shape index (κ2) is 7.50. The Labute approximate surface area is 146 Å². The first-order valence-electron chi connectivity index (χ1n) is 7.65. The molecule has 0 saturated heterocycles. The normalized spacial score (nSPS) is 15.6. The van der Waals surface area contributed by atoms with Gasteiger partial charge in [-0.1, -0.05) is 11.6 Å². The van der Waals surface area contributed by atoms with Crippen molar-refractivity contribution in [3.8, 4) is 0 Å². The molecule has 2 amide bonds. The third-order valence-corrected chi connectivity index (χ3v) is 5.48. The third-order valence-electron chi connectivity index (χ3n) is 3.47. The first-order valence-corrected chi connectivity index (χ1v) is 9.51. The van der Waals surface area contributed by atoms with E-state index in [0.717, 1.165) is 12.8 Å². The van der Waals surface area contributed by atoms with Gasteiger partial charge in [0, 0.05) is 18.2 Å². The minimum absolute atomic E-state index is 0.0384. The van der Waals surface area contributed by atoms with Crippen molar-refractivity contribution >= 4 is 33.4 Å². The lowest BCUT2D eigenvalue weighted by molar-refractivity contribution is -0.122. The summed E-state index contributed by atoms with van der Waals surface area (Å²) in [4.78, 5) is 23.8. The molecule has 0 bridgehead atoms. The maximum atomic E-state index is 12.3. The quantitative estimate of drug-likeness (QED) is 0.664. The highest BCUT2D eigenvalue weighted by molar-refractivity contribution is 7.89. The van der Waals surface area contributed by atoms with Crippen molar-refractivity contribution < 1.29 is 18.0 Å². The second-order valence-electron chi connectivity index (χ2n) is 5.63. The predicted molar refractivity (Wildman–Crippen MR) is 90.4 cm³/mol. The number of carbonyl (C=O) groups excluding carboxylic acids is 2. The van der Waals surface area contributed by atoms with Crippen molar-refractivity contribution in [2.45, 2.75) is 43.7 Å². The number of hydrogen-bond acceptors (Lipinski definition) is 4. The van der Waals surface area contributed by atoms with Crippen LogP contribution in [0.3, 0.4) is 0 Å². The number of hydrogen-bond donors (Lipinski definition) is 3. The van der Waals surface area contributed by atoms with Crippen LogP contribution in [0.5, 0.6) is 0 Å². The molecule has 0 aliphatic heterocycles. The molecule has 1 aromatic carbocycles. The molecule has 1 unspecified atom stereocenters. The highest BCUT2D eigenvalue weighted by Gasteiger charge is 2.29. The van der Waals surface area contributed by atoms with E-state index in [-0.39, 0.29) is 27.4 Å². The summed E-state index contributed by atoms with van der Waals surface area (Å²) >= 11 is 5.97. The highest BCUT2D eigenvalue weighted by atomic mass is 35.5. The smallest absolute Gasteiger partial charge is 0.251 e. The van der Waals surface area contributed by atoms with Crippen LogP contribution in [0.1, 0.15) is 37.0 Å². The summed E-state index contributed by atoms with van der Waals surface area (Å²) in [7, 11) is -3.78. The maximum Gasteiger partial charge on any atom is 0.251 e. The molecule has 132 valence electrons. The standard InChI is InChI=1S/C15H20ClN3O4S/c1-3-17-14(20)9(2)18-15(21)10-4-7-12(16)13(8-10)24(22,23)19-11-5-6-11/h4,7-9,11,19H,3,5-6H2,1-2H3,(H,17,20)(H,18,21). The zero-order valence-electron chi connectivity index (χ0n) is 13.4. The van der Waals surface area contributed by atoms with Crippen LogP contribution in [0.25, 0.3) is 0 Å². The molecule has 1 saturated carbocycles. The van der Waals surface area contributed by atoms with Gasteiger partial charge in [0.25, 0.3) is 5.91 Å². The van der Waals surface area contributed by atoms with Gasteiger partial charge in [0.15, 0.2) is 0 Å². The van der Waals surface area contributed by atoms with Crippen LogP contribution in [-0.4, -0.2) is 38.9 Å². The molecule has 1 atom stereocenters. The van der Waals surface area contributed by atoms with Crippen molar-refractivity contribution in [2.75, 3.05) is 6.54 Å². The zero-order valence-corrected chi connectivity index (χ0v) is 15.0. The van der Waals surface area contributed by atoms with Gasteiger partial charge in [-0.15, -0.1) is 0 Å². The van der Waals surface area contributed by atoms with Crippen LogP contribution in [0.15, 0.2) is 23.1 Å². The van der Waals surface area contributed by atoms with Gasteiger partial charge in [-0.05, 0) is 44.9 Å². The number of sulfonamides is 1. The van der Waals surface area contributed by atoms with Gasteiger partial charge in [0.2, 0.25) is 15.9 Å². The van der Waals surface area contributed by atoms with E-state index in [4.69, 9.17) is 11.6 Å². The molecule has 1 aliphatic rings. The maximum absolute atomic E-state index is 12.3. The topological polar surface area (TPSA) is 104 Å². The van der Waals surface area contributed by atoms with Crippen molar-refractivity contribution in [2.24, 2.45) is 0 Å². The monoisotopic (exact) mass is 373 g/mol. The lowest BCUT2D eigenvalue weighted by Crippen LogP contribution is -2.44. The summed E-state index contributed by atoms with van der Waals surface area (Å²) in [6, 6.07) is 3.18. The van der Waals surface area contributed by atoms with Crippen molar-refractivity contribution in [3.63, 3.8) is 0 Å². The third kappa shape index (κ3) is 4.68. The first kappa shape index (κ1) is 18.7.